The predicted octanol–water partition coefficient (Wildman–Crippen LogP) is 2.06. The number of anilines is 2. The third-order valence-corrected chi connectivity index (χ3v) is 2.50. The number of ether oxygens (including phenoxy) is 1. The highest BCUT2D eigenvalue weighted by atomic mass is 16.6. The minimum atomic E-state index is -0.507. The maximum atomic E-state index is 10.8. The summed E-state index contributed by atoms with van der Waals surface area (Å²) in [6.45, 7) is 0.740. The van der Waals surface area contributed by atoms with Crippen molar-refractivity contribution in [3.63, 3.8) is 0 Å². The first-order chi connectivity index (χ1) is 9.66. The molecule has 0 amide bonds. The summed E-state index contributed by atoms with van der Waals surface area (Å²) in [5.41, 5.74) is 5.41. The second kappa shape index (κ2) is 6.37. The Balaban J connectivity index is 1.91. The van der Waals surface area contributed by atoms with E-state index in [1.807, 2.05) is 30.3 Å². The minimum absolute atomic E-state index is 0.112. The summed E-state index contributed by atoms with van der Waals surface area (Å²) < 4.78 is 5.47. The molecule has 2 rings (SSSR count). The Morgan fingerprint density at radius 2 is 2.00 bits per heavy atom. The van der Waals surface area contributed by atoms with Crippen LogP contribution in [0.15, 0.2) is 42.5 Å². The number of para-hydroxylation sites is 1. The van der Waals surface area contributed by atoms with E-state index in [1.165, 1.54) is 12.1 Å². The van der Waals surface area contributed by atoms with Crippen molar-refractivity contribution in [3.8, 4) is 5.75 Å². The van der Waals surface area contributed by atoms with Gasteiger partial charge in [-0.3, -0.25) is 10.1 Å². The molecule has 0 fully saturated rings. The van der Waals surface area contributed by atoms with Gasteiger partial charge in [-0.05, 0) is 18.2 Å². The van der Waals surface area contributed by atoms with Gasteiger partial charge in [0.15, 0.2) is 0 Å². The van der Waals surface area contributed by atoms with Crippen molar-refractivity contribution in [1.29, 1.82) is 0 Å². The van der Waals surface area contributed by atoms with Crippen molar-refractivity contribution in [2.24, 2.45) is 0 Å². The van der Waals surface area contributed by atoms with Gasteiger partial charge in [-0.2, -0.15) is 0 Å². The van der Waals surface area contributed by atoms with E-state index in [0.29, 0.717) is 13.2 Å². The molecule has 0 aliphatic heterocycles. The van der Waals surface area contributed by atoms with Crippen LogP contribution in [0.3, 0.4) is 0 Å². The Morgan fingerprint density at radius 3 is 2.70 bits per heavy atom. The quantitative estimate of drug-likeness (QED) is 0.474. The van der Waals surface area contributed by atoms with Gasteiger partial charge in [0, 0.05) is 6.07 Å². The first-order valence-electron chi connectivity index (χ1n) is 5.99. The number of benzene rings is 1. The molecule has 0 aliphatic rings. The van der Waals surface area contributed by atoms with Crippen molar-refractivity contribution in [2.45, 2.75) is 0 Å². The number of rotatable bonds is 6. The van der Waals surface area contributed by atoms with Crippen LogP contribution in [-0.4, -0.2) is 23.1 Å². The highest BCUT2D eigenvalue weighted by Crippen LogP contribution is 2.22. The van der Waals surface area contributed by atoms with Crippen molar-refractivity contribution in [1.82, 2.24) is 4.98 Å². The zero-order valence-electron chi connectivity index (χ0n) is 10.7. The van der Waals surface area contributed by atoms with Crippen LogP contribution < -0.4 is 15.8 Å². The highest BCUT2D eigenvalue weighted by Gasteiger charge is 2.14. The van der Waals surface area contributed by atoms with Crippen molar-refractivity contribution >= 4 is 17.3 Å². The van der Waals surface area contributed by atoms with Gasteiger partial charge in [0.05, 0.1) is 11.5 Å². The number of pyridine rings is 1. The Labute approximate surface area is 115 Å². The summed E-state index contributed by atoms with van der Waals surface area (Å²) in [5, 5.41) is 13.7. The maximum absolute atomic E-state index is 10.8. The van der Waals surface area contributed by atoms with Crippen LogP contribution in [0.5, 0.6) is 5.75 Å². The fourth-order valence-electron chi connectivity index (χ4n) is 1.60. The normalized spacial score (nSPS) is 10.0. The zero-order chi connectivity index (χ0) is 14.4. The summed E-state index contributed by atoms with van der Waals surface area (Å²) in [5.74, 6) is 1.11. The molecule has 1 aromatic heterocycles. The monoisotopic (exact) mass is 274 g/mol. The number of hydrogen-bond acceptors (Lipinski definition) is 6. The smallest absolute Gasteiger partial charge is 0.311 e. The molecule has 0 radical (unpaired) electrons. The molecule has 0 atom stereocenters. The van der Waals surface area contributed by atoms with Gasteiger partial charge < -0.3 is 15.8 Å². The molecule has 1 aromatic carbocycles. The molecular weight excluding hydrogens is 260 g/mol. The molecule has 0 aliphatic carbocycles. The lowest BCUT2D eigenvalue weighted by Crippen LogP contribution is -2.14. The third kappa shape index (κ3) is 3.58. The van der Waals surface area contributed by atoms with Gasteiger partial charge in [0.1, 0.15) is 18.2 Å². The highest BCUT2D eigenvalue weighted by molar-refractivity contribution is 5.59. The molecule has 104 valence electrons. The first-order valence-corrected chi connectivity index (χ1v) is 5.99. The second-order valence-corrected chi connectivity index (χ2v) is 3.95. The average Bonchev–Trinajstić information content (AvgIpc) is 2.44. The zero-order valence-corrected chi connectivity index (χ0v) is 10.7. The van der Waals surface area contributed by atoms with Crippen molar-refractivity contribution < 1.29 is 9.66 Å². The van der Waals surface area contributed by atoms with Crippen LogP contribution in [0, 0.1) is 10.1 Å². The number of aromatic nitrogens is 1. The molecule has 20 heavy (non-hydrogen) atoms. The maximum Gasteiger partial charge on any atom is 0.311 e. The molecule has 7 heteroatoms. The predicted molar refractivity (Wildman–Crippen MR) is 75.7 cm³/mol. The molecule has 3 N–H and O–H groups in total. The number of nitrogens with one attached hydrogen (secondary N) is 1. The van der Waals surface area contributed by atoms with Crippen LogP contribution in [0.1, 0.15) is 0 Å². The Bertz CT molecular complexity index is 589. The molecule has 0 saturated carbocycles. The summed E-state index contributed by atoms with van der Waals surface area (Å²) in [6.07, 6.45) is 0. The van der Waals surface area contributed by atoms with E-state index in [9.17, 15) is 10.1 Å². The largest absolute Gasteiger partial charge is 0.492 e. The molecule has 0 spiro atoms. The topological polar surface area (TPSA) is 103 Å². The van der Waals surface area contributed by atoms with E-state index in [2.05, 4.69) is 10.3 Å². The fourth-order valence-corrected chi connectivity index (χ4v) is 1.60. The van der Waals surface area contributed by atoms with Gasteiger partial charge >= 0.3 is 5.69 Å². The van der Waals surface area contributed by atoms with E-state index in [0.717, 1.165) is 5.75 Å². The Hall–Kier alpha value is -2.83. The lowest BCUT2D eigenvalue weighted by Gasteiger charge is -2.08. The number of nitrogens with zero attached hydrogens (tertiary/aromatic N) is 2. The van der Waals surface area contributed by atoms with Gasteiger partial charge in [-0.25, -0.2) is 4.98 Å². The summed E-state index contributed by atoms with van der Waals surface area (Å²) in [4.78, 5) is 14.2. The van der Waals surface area contributed by atoms with E-state index in [4.69, 9.17) is 10.5 Å². The number of nitro groups is 1. The van der Waals surface area contributed by atoms with Crippen LogP contribution in [0.25, 0.3) is 0 Å². The molecule has 1 heterocycles. The summed E-state index contributed by atoms with van der Waals surface area (Å²) in [6, 6.07) is 12.0. The standard InChI is InChI=1S/C13H14N4O3/c14-12-7-6-11(17(18)19)13(16-12)15-8-9-20-10-4-2-1-3-5-10/h1-7H,8-9H2,(H3,14,15,16). The third-order valence-electron chi connectivity index (χ3n) is 2.50. The molecule has 2 aromatic rings. The van der Waals surface area contributed by atoms with Crippen LogP contribution in [0.2, 0.25) is 0 Å². The average molecular weight is 274 g/mol. The first kappa shape index (κ1) is 13.6. The van der Waals surface area contributed by atoms with Gasteiger partial charge in [0.2, 0.25) is 5.82 Å². The Morgan fingerprint density at radius 1 is 1.25 bits per heavy atom. The SMILES string of the molecule is Nc1ccc([N+](=O)[O-])c(NCCOc2ccccc2)n1. The van der Waals surface area contributed by atoms with E-state index in [1.54, 1.807) is 0 Å². The van der Waals surface area contributed by atoms with Gasteiger partial charge in [-0.1, -0.05) is 18.2 Å². The van der Waals surface area contributed by atoms with E-state index < -0.39 is 4.92 Å². The number of nitrogen functional groups attached to an aromatic ring is 1. The van der Waals surface area contributed by atoms with E-state index >= 15 is 0 Å². The summed E-state index contributed by atoms with van der Waals surface area (Å²) in [7, 11) is 0. The lowest BCUT2D eigenvalue weighted by atomic mass is 10.3. The van der Waals surface area contributed by atoms with E-state index in [-0.39, 0.29) is 17.3 Å². The minimum Gasteiger partial charge on any atom is -0.492 e. The number of nitrogens with two attached hydrogens (primary N) is 1. The van der Waals surface area contributed by atoms with Crippen LogP contribution >= 0.6 is 0 Å². The van der Waals surface area contributed by atoms with Crippen LogP contribution in [0.4, 0.5) is 17.3 Å². The second-order valence-electron chi connectivity index (χ2n) is 3.95. The molecular formula is C13H14N4O3. The Kier molecular flexibility index (Phi) is 4.33. The van der Waals surface area contributed by atoms with Crippen molar-refractivity contribution in [3.05, 3.63) is 52.6 Å². The molecule has 7 nitrogen and oxygen atoms in total. The van der Waals surface area contributed by atoms with Crippen molar-refractivity contribution in [2.75, 3.05) is 24.2 Å². The number of hydrogen-bond donors (Lipinski definition) is 2. The summed E-state index contributed by atoms with van der Waals surface area (Å²) >= 11 is 0. The molecule has 0 unspecified atom stereocenters. The van der Waals surface area contributed by atoms with Gasteiger partial charge in [-0.15, -0.1) is 0 Å². The molecule has 0 bridgehead atoms. The molecule has 0 saturated heterocycles. The fraction of sp³-hybridized carbons (Fsp3) is 0.154. The van der Waals surface area contributed by atoms with Gasteiger partial charge in [0.25, 0.3) is 0 Å². The lowest BCUT2D eigenvalue weighted by molar-refractivity contribution is -0.384. The van der Waals surface area contributed by atoms with Crippen LogP contribution in [-0.2, 0) is 0 Å².